The Morgan fingerprint density at radius 2 is 1.97 bits per heavy atom. The van der Waals surface area contributed by atoms with Crippen LogP contribution in [-0.2, 0) is 9.53 Å². The average Bonchev–Trinajstić information content (AvgIpc) is 2.84. The van der Waals surface area contributed by atoms with Gasteiger partial charge < -0.3 is 10.1 Å². The average molecular weight is 441 g/mol. The van der Waals surface area contributed by atoms with Crippen molar-refractivity contribution in [2.24, 2.45) is 5.92 Å². The van der Waals surface area contributed by atoms with Gasteiger partial charge in [0.2, 0.25) is 0 Å². The molecule has 1 aromatic rings. The molecule has 1 saturated carbocycles. The highest BCUT2D eigenvalue weighted by Crippen LogP contribution is 2.47. The zero-order chi connectivity index (χ0) is 21.0. The van der Waals surface area contributed by atoms with Crippen molar-refractivity contribution in [2.75, 3.05) is 6.61 Å². The van der Waals surface area contributed by atoms with E-state index in [1.165, 1.54) is 6.07 Å². The summed E-state index contributed by atoms with van der Waals surface area (Å²) in [5.74, 6) is -3.10. The second kappa shape index (κ2) is 9.67. The van der Waals surface area contributed by atoms with E-state index in [9.17, 15) is 18.4 Å². The number of carbonyl (C=O) groups is 2. The second-order valence-corrected chi connectivity index (χ2v) is 8.56. The van der Waals surface area contributed by atoms with E-state index in [1.807, 2.05) is 0 Å². The van der Waals surface area contributed by atoms with Gasteiger partial charge in [0.25, 0.3) is 5.91 Å². The summed E-state index contributed by atoms with van der Waals surface area (Å²) in [5, 5.41) is 6.24. The van der Waals surface area contributed by atoms with Gasteiger partial charge in [-0.1, -0.05) is 19.3 Å². The van der Waals surface area contributed by atoms with Gasteiger partial charge in [-0.3, -0.25) is 10.1 Å². The zero-order valence-electron chi connectivity index (χ0n) is 15.9. The number of amides is 1. The minimum Gasteiger partial charge on any atom is -0.463 e. The third-order valence-corrected chi connectivity index (χ3v) is 6.60. The first kappa shape index (κ1) is 21.7. The van der Waals surface area contributed by atoms with Gasteiger partial charge in [0, 0.05) is 16.7 Å². The number of fused-ring (bicyclic) bond motifs is 1. The van der Waals surface area contributed by atoms with Crippen LogP contribution in [0.4, 0.5) is 8.78 Å². The third kappa shape index (κ3) is 5.14. The number of thiocarbonyl (C=S) groups is 1. The first-order valence-corrected chi connectivity index (χ1v) is 10.8. The quantitative estimate of drug-likeness (QED) is 0.544. The van der Waals surface area contributed by atoms with Crippen molar-refractivity contribution in [1.29, 1.82) is 0 Å². The first-order valence-electron chi connectivity index (χ1n) is 9.56. The summed E-state index contributed by atoms with van der Waals surface area (Å²) in [7, 11) is 0. The number of hydrogen-bond donors (Lipinski definition) is 2. The molecule has 1 aromatic carbocycles. The normalized spacial score (nSPS) is 21.2. The van der Waals surface area contributed by atoms with E-state index < -0.39 is 17.5 Å². The summed E-state index contributed by atoms with van der Waals surface area (Å²) in [4.78, 5) is 24.8. The lowest BCUT2D eigenvalue weighted by atomic mass is 9.92. The molecule has 2 atom stereocenters. The molecule has 0 aromatic heterocycles. The Balaban J connectivity index is 1.74. The number of ether oxygens (including phenoxy) is 1. The molecule has 156 valence electrons. The zero-order valence-corrected chi connectivity index (χ0v) is 17.6. The molecule has 1 heterocycles. The van der Waals surface area contributed by atoms with E-state index in [0.29, 0.717) is 10.6 Å². The van der Waals surface area contributed by atoms with E-state index in [4.69, 9.17) is 17.0 Å². The lowest BCUT2D eigenvalue weighted by Gasteiger charge is -2.17. The Kier molecular flexibility index (Phi) is 7.23. The van der Waals surface area contributed by atoms with E-state index >= 15 is 0 Å². The van der Waals surface area contributed by atoms with Crippen LogP contribution in [0.25, 0.3) is 0 Å². The maximum Gasteiger partial charge on any atom is 0.336 e. The van der Waals surface area contributed by atoms with E-state index in [2.05, 4.69) is 10.6 Å². The number of hydrogen-bond acceptors (Lipinski definition) is 5. The molecule has 1 fully saturated rings. The molecule has 0 radical (unpaired) electrons. The molecule has 1 aliphatic carbocycles. The lowest BCUT2D eigenvalue weighted by Crippen LogP contribution is -2.38. The van der Waals surface area contributed by atoms with Crippen molar-refractivity contribution in [3.63, 3.8) is 0 Å². The minimum absolute atomic E-state index is 0.0134. The highest BCUT2D eigenvalue weighted by atomic mass is 32.2. The molecule has 2 unspecified atom stereocenters. The topological polar surface area (TPSA) is 67.4 Å². The number of halogens is 2. The number of benzene rings is 1. The summed E-state index contributed by atoms with van der Waals surface area (Å²) in [6, 6.07) is 2.85. The Morgan fingerprint density at radius 1 is 1.21 bits per heavy atom. The third-order valence-electron chi connectivity index (χ3n) is 4.97. The number of esters is 1. The number of thioether (sulfide) groups is 1. The molecule has 1 aliphatic heterocycles. The fourth-order valence-corrected chi connectivity index (χ4v) is 5.43. The molecule has 2 aliphatic rings. The molecular weight excluding hydrogens is 418 g/mol. The van der Waals surface area contributed by atoms with Gasteiger partial charge >= 0.3 is 5.97 Å². The second-order valence-electron chi connectivity index (χ2n) is 6.90. The van der Waals surface area contributed by atoms with Crippen molar-refractivity contribution in [1.82, 2.24) is 10.6 Å². The van der Waals surface area contributed by atoms with Crippen LogP contribution in [0.15, 0.2) is 28.8 Å². The number of rotatable bonds is 4. The molecule has 2 N–H and O–H groups in total. The van der Waals surface area contributed by atoms with Crippen LogP contribution in [0.1, 0.15) is 49.4 Å². The van der Waals surface area contributed by atoms with Crippen molar-refractivity contribution in [2.45, 2.75) is 44.3 Å². The molecular formula is C20H22F2N2O3S2. The van der Waals surface area contributed by atoms with Crippen molar-refractivity contribution in [3.8, 4) is 0 Å². The van der Waals surface area contributed by atoms with E-state index in [1.54, 1.807) is 18.7 Å². The predicted octanol–water partition coefficient (Wildman–Crippen LogP) is 4.04. The molecule has 5 nitrogen and oxygen atoms in total. The van der Waals surface area contributed by atoms with E-state index in [-0.39, 0.29) is 34.4 Å². The minimum atomic E-state index is -1.12. The smallest absolute Gasteiger partial charge is 0.336 e. The van der Waals surface area contributed by atoms with Gasteiger partial charge in [-0.15, -0.1) is 11.8 Å². The van der Waals surface area contributed by atoms with Crippen LogP contribution >= 0.6 is 24.0 Å². The van der Waals surface area contributed by atoms with Crippen LogP contribution in [0.2, 0.25) is 0 Å². The molecule has 29 heavy (non-hydrogen) atoms. The predicted molar refractivity (Wildman–Crippen MR) is 111 cm³/mol. The lowest BCUT2D eigenvalue weighted by molar-refractivity contribution is -0.139. The summed E-state index contributed by atoms with van der Waals surface area (Å²) in [6.45, 7) is 2.03. The molecule has 0 saturated heterocycles. The summed E-state index contributed by atoms with van der Waals surface area (Å²) < 4.78 is 31.7. The standard InChI is InChI=1S/C20H22F2N2O3S2/c1-2-27-19(26)16-12-6-4-3-5-7-15(12)29-18(16)24-20(28)23-17(25)11-8-9-13(21)14(22)10-11/h8-10,12,15H,2-7H2,1H3,(H2,23,24,25,28). The summed E-state index contributed by atoms with van der Waals surface area (Å²) in [5.41, 5.74) is 0.519. The number of nitrogens with one attached hydrogen (secondary N) is 2. The van der Waals surface area contributed by atoms with Crippen molar-refractivity contribution in [3.05, 3.63) is 46.0 Å². The highest BCUT2D eigenvalue weighted by molar-refractivity contribution is 8.04. The van der Waals surface area contributed by atoms with Crippen molar-refractivity contribution < 1.29 is 23.1 Å². The van der Waals surface area contributed by atoms with Gasteiger partial charge in [0.15, 0.2) is 16.7 Å². The van der Waals surface area contributed by atoms with Crippen LogP contribution in [-0.4, -0.2) is 28.8 Å². The molecule has 3 rings (SSSR count). The van der Waals surface area contributed by atoms with Crippen LogP contribution < -0.4 is 10.6 Å². The van der Waals surface area contributed by atoms with Crippen LogP contribution in [0.5, 0.6) is 0 Å². The number of carbonyl (C=O) groups excluding carboxylic acids is 2. The maximum absolute atomic E-state index is 13.4. The molecule has 9 heteroatoms. The van der Waals surface area contributed by atoms with Gasteiger partial charge in [-0.2, -0.15) is 0 Å². The molecule has 1 amide bonds. The van der Waals surface area contributed by atoms with Gasteiger partial charge in [-0.05, 0) is 50.2 Å². The van der Waals surface area contributed by atoms with Crippen LogP contribution in [0, 0.1) is 17.6 Å². The Morgan fingerprint density at radius 3 is 2.69 bits per heavy atom. The largest absolute Gasteiger partial charge is 0.463 e. The molecule has 0 bridgehead atoms. The maximum atomic E-state index is 13.4. The van der Waals surface area contributed by atoms with Crippen molar-refractivity contribution >= 4 is 41.0 Å². The monoisotopic (exact) mass is 440 g/mol. The molecule has 0 spiro atoms. The SMILES string of the molecule is CCOC(=O)C1=C(NC(=S)NC(=O)c2ccc(F)c(F)c2)SC2CCCCCC12. The van der Waals surface area contributed by atoms with E-state index in [0.717, 1.165) is 44.2 Å². The Hall–Kier alpha value is -2.00. The van der Waals surface area contributed by atoms with Gasteiger partial charge in [0.05, 0.1) is 17.2 Å². The Bertz CT molecular complexity index is 860. The first-order chi connectivity index (χ1) is 13.9. The summed E-state index contributed by atoms with van der Waals surface area (Å²) >= 11 is 6.76. The summed E-state index contributed by atoms with van der Waals surface area (Å²) in [6.07, 6.45) is 5.21. The Labute approximate surface area is 177 Å². The fraction of sp³-hybridized carbons (Fsp3) is 0.450. The van der Waals surface area contributed by atoms with Crippen LogP contribution in [0.3, 0.4) is 0 Å². The van der Waals surface area contributed by atoms with Gasteiger partial charge in [0.1, 0.15) is 0 Å². The highest BCUT2D eigenvalue weighted by Gasteiger charge is 2.40. The van der Waals surface area contributed by atoms with Gasteiger partial charge in [-0.25, -0.2) is 13.6 Å². The fourth-order valence-electron chi connectivity index (χ4n) is 3.62.